The molecule has 1 fully saturated rings. The van der Waals surface area contributed by atoms with E-state index in [0.717, 1.165) is 12.8 Å². The van der Waals surface area contributed by atoms with Crippen molar-refractivity contribution in [3.05, 3.63) is 29.3 Å². The van der Waals surface area contributed by atoms with Gasteiger partial charge in [0.1, 0.15) is 0 Å². The molecule has 1 atom stereocenters. The fraction of sp³-hybridized carbons (Fsp3) is 0.385. The number of likely N-dealkylation sites (tertiary alicyclic amines) is 1. The van der Waals surface area contributed by atoms with Crippen molar-refractivity contribution in [3.63, 3.8) is 0 Å². The Hall–Kier alpha value is -1.75. The Balaban J connectivity index is 2.00. The Bertz CT molecular complexity index is 493. The summed E-state index contributed by atoms with van der Waals surface area (Å²) in [7, 11) is 0. The second-order valence-electron chi connectivity index (χ2n) is 4.60. The lowest BCUT2D eigenvalue weighted by molar-refractivity contribution is -0.123. The van der Waals surface area contributed by atoms with Gasteiger partial charge in [0, 0.05) is 13.1 Å². The van der Waals surface area contributed by atoms with Gasteiger partial charge in [-0.15, -0.1) is 0 Å². The van der Waals surface area contributed by atoms with Crippen LogP contribution in [0, 0.1) is 5.92 Å². The minimum atomic E-state index is -0.352. The maximum Gasteiger partial charge on any atom is 0.321 e. The third-order valence-electron chi connectivity index (χ3n) is 3.23. The van der Waals surface area contributed by atoms with Crippen molar-refractivity contribution in [2.75, 3.05) is 18.4 Å². The summed E-state index contributed by atoms with van der Waals surface area (Å²) in [5, 5.41) is 3.23. The lowest BCUT2D eigenvalue weighted by atomic mass is 9.98. The van der Waals surface area contributed by atoms with Crippen LogP contribution in [0.5, 0.6) is 0 Å². The predicted molar refractivity (Wildman–Crippen MR) is 74.0 cm³/mol. The molecule has 3 N–H and O–H groups in total. The van der Waals surface area contributed by atoms with E-state index in [1.54, 1.807) is 29.2 Å². The van der Waals surface area contributed by atoms with Crippen molar-refractivity contribution >= 4 is 29.2 Å². The summed E-state index contributed by atoms with van der Waals surface area (Å²) >= 11 is 5.98. The molecule has 1 saturated heterocycles. The Morgan fingerprint density at radius 2 is 2.11 bits per heavy atom. The van der Waals surface area contributed by atoms with E-state index in [1.165, 1.54) is 0 Å². The monoisotopic (exact) mass is 281 g/mol. The summed E-state index contributed by atoms with van der Waals surface area (Å²) < 4.78 is 0. The molecule has 1 aliphatic heterocycles. The van der Waals surface area contributed by atoms with Crippen LogP contribution in [-0.2, 0) is 4.79 Å². The van der Waals surface area contributed by atoms with Crippen LogP contribution in [0.3, 0.4) is 0 Å². The SMILES string of the molecule is NC(=O)[C@H]1CCCN(C(=O)Nc2ccccc2Cl)C1. The van der Waals surface area contributed by atoms with E-state index >= 15 is 0 Å². The van der Waals surface area contributed by atoms with Crippen LogP contribution in [0.25, 0.3) is 0 Å². The van der Waals surface area contributed by atoms with Crippen molar-refractivity contribution in [1.29, 1.82) is 0 Å². The lowest BCUT2D eigenvalue weighted by Gasteiger charge is -2.31. The van der Waals surface area contributed by atoms with Gasteiger partial charge in [-0.25, -0.2) is 4.79 Å². The van der Waals surface area contributed by atoms with Gasteiger partial charge in [-0.05, 0) is 25.0 Å². The number of carbonyl (C=O) groups is 2. The van der Waals surface area contributed by atoms with Gasteiger partial charge in [-0.3, -0.25) is 4.79 Å². The van der Waals surface area contributed by atoms with Crippen LogP contribution in [0.15, 0.2) is 24.3 Å². The molecule has 0 radical (unpaired) electrons. The number of carbonyl (C=O) groups excluding carboxylic acids is 2. The topological polar surface area (TPSA) is 75.4 Å². The maximum absolute atomic E-state index is 12.1. The highest BCUT2D eigenvalue weighted by Gasteiger charge is 2.27. The van der Waals surface area contributed by atoms with Gasteiger partial charge in [0.25, 0.3) is 0 Å². The van der Waals surface area contributed by atoms with Crippen LogP contribution in [0.2, 0.25) is 5.02 Å². The molecule has 0 bridgehead atoms. The number of hydrogen-bond donors (Lipinski definition) is 2. The number of urea groups is 1. The highest BCUT2D eigenvalue weighted by atomic mass is 35.5. The number of anilines is 1. The molecule has 1 aromatic rings. The van der Waals surface area contributed by atoms with Crippen LogP contribution in [-0.4, -0.2) is 29.9 Å². The average Bonchev–Trinajstić information content (AvgIpc) is 2.41. The fourth-order valence-electron chi connectivity index (χ4n) is 2.15. The molecule has 1 heterocycles. The van der Waals surface area contributed by atoms with Gasteiger partial charge < -0.3 is 16.0 Å². The largest absolute Gasteiger partial charge is 0.369 e. The van der Waals surface area contributed by atoms with E-state index in [-0.39, 0.29) is 17.9 Å². The lowest BCUT2D eigenvalue weighted by Crippen LogP contribution is -2.45. The van der Waals surface area contributed by atoms with Gasteiger partial charge >= 0.3 is 6.03 Å². The summed E-state index contributed by atoms with van der Waals surface area (Å²) in [4.78, 5) is 24.9. The summed E-state index contributed by atoms with van der Waals surface area (Å²) in [6, 6.07) is 6.78. The van der Waals surface area contributed by atoms with Gasteiger partial charge in [0.2, 0.25) is 5.91 Å². The molecule has 5 nitrogen and oxygen atoms in total. The number of benzene rings is 1. The molecule has 0 unspecified atom stereocenters. The standard InChI is InChI=1S/C13H16ClN3O2/c14-10-5-1-2-6-11(10)16-13(19)17-7-3-4-9(8-17)12(15)18/h1-2,5-6,9H,3-4,7-8H2,(H2,15,18)(H,16,19)/t9-/m0/s1. The highest BCUT2D eigenvalue weighted by molar-refractivity contribution is 6.33. The molecule has 102 valence electrons. The maximum atomic E-state index is 12.1. The van der Waals surface area contributed by atoms with Crippen LogP contribution < -0.4 is 11.1 Å². The summed E-state index contributed by atoms with van der Waals surface area (Å²) in [6.07, 6.45) is 1.52. The molecule has 0 aromatic heterocycles. The quantitative estimate of drug-likeness (QED) is 0.871. The number of rotatable bonds is 2. The molecule has 1 aliphatic rings. The van der Waals surface area contributed by atoms with Crippen LogP contribution >= 0.6 is 11.6 Å². The second kappa shape index (κ2) is 5.93. The first-order valence-electron chi connectivity index (χ1n) is 6.17. The molecule has 1 aromatic carbocycles. The normalized spacial score (nSPS) is 19.0. The Kier molecular flexibility index (Phi) is 4.27. The first-order chi connectivity index (χ1) is 9.08. The van der Waals surface area contributed by atoms with Crippen molar-refractivity contribution < 1.29 is 9.59 Å². The zero-order valence-electron chi connectivity index (χ0n) is 10.4. The first kappa shape index (κ1) is 13.7. The van der Waals surface area contributed by atoms with E-state index in [2.05, 4.69) is 5.32 Å². The molecule has 3 amide bonds. The predicted octanol–water partition coefficient (Wildman–Crippen LogP) is 2.07. The Morgan fingerprint density at radius 3 is 2.79 bits per heavy atom. The number of nitrogens with two attached hydrogens (primary N) is 1. The molecule has 2 rings (SSSR count). The zero-order valence-corrected chi connectivity index (χ0v) is 11.2. The number of primary amides is 1. The van der Waals surface area contributed by atoms with E-state index in [4.69, 9.17) is 17.3 Å². The molecule has 6 heteroatoms. The van der Waals surface area contributed by atoms with Gasteiger partial charge in [-0.2, -0.15) is 0 Å². The molecule has 0 saturated carbocycles. The summed E-state index contributed by atoms with van der Waals surface area (Å²) in [5.41, 5.74) is 5.85. The Labute approximate surface area is 116 Å². The van der Waals surface area contributed by atoms with Gasteiger partial charge in [0.05, 0.1) is 16.6 Å². The fourth-order valence-corrected chi connectivity index (χ4v) is 2.33. The van der Waals surface area contributed by atoms with Crippen molar-refractivity contribution in [2.24, 2.45) is 11.7 Å². The van der Waals surface area contributed by atoms with Crippen molar-refractivity contribution in [3.8, 4) is 0 Å². The molecule has 0 spiro atoms. The minimum Gasteiger partial charge on any atom is -0.369 e. The number of halogens is 1. The van der Waals surface area contributed by atoms with Gasteiger partial charge in [-0.1, -0.05) is 23.7 Å². The van der Waals surface area contributed by atoms with Crippen LogP contribution in [0.4, 0.5) is 10.5 Å². The van der Waals surface area contributed by atoms with E-state index in [1.807, 2.05) is 0 Å². The first-order valence-corrected chi connectivity index (χ1v) is 6.55. The van der Waals surface area contributed by atoms with E-state index in [9.17, 15) is 9.59 Å². The van der Waals surface area contributed by atoms with Gasteiger partial charge in [0.15, 0.2) is 0 Å². The smallest absolute Gasteiger partial charge is 0.321 e. The van der Waals surface area contributed by atoms with E-state index < -0.39 is 0 Å². The van der Waals surface area contributed by atoms with Crippen LogP contribution in [0.1, 0.15) is 12.8 Å². The third kappa shape index (κ3) is 3.38. The van der Waals surface area contributed by atoms with Crippen molar-refractivity contribution in [1.82, 2.24) is 4.90 Å². The molecule has 0 aliphatic carbocycles. The Morgan fingerprint density at radius 1 is 1.37 bits per heavy atom. The average molecular weight is 282 g/mol. The third-order valence-corrected chi connectivity index (χ3v) is 3.56. The number of nitrogens with one attached hydrogen (secondary N) is 1. The summed E-state index contributed by atoms with van der Waals surface area (Å²) in [5.74, 6) is -0.610. The number of nitrogens with zero attached hydrogens (tertiary/aromatic N) is 1. The molecular weight excluding hydrogens is 266 g/mol. The molecule has 19 heavy (non-hydrogen) atoms. The molecular formula is C13H16ClN3O2. The summed E-state index contributed by atoms with van der Waals surface area (Å²) in [6.45, 7) is 0.992. The number of hydrogen-bond acceptors (Lipinski definition) is 2. The second-order valence-corrected chi connectivity index (χ2v) is 5.00. The number of para-hydroxylation sites is 1. The number of amides is 3. The zero-order chi connectivity index (χ0) is 13.8. The highest BCUT2D eigenvalue weighted by Crippen LogP contribution is 2.22. The number of piperidine rings is 1. The van der Waals surface area contributed by atoms with Crippen molar-refractivity contribution in [2.45, 2.75) is 12.8 Å². The van der Waals surface area contributed by atoms with E-state index in [0.29, 0.717) is 23.8 Å². The minimum absolute atomic E-state index is 0.251.